The first-order valence-corrected chi connectivity index (χ1v) is 11.9. The lowest BCUT2D eigenvalue weighted by atomic mass is 9.89. The van der Waals surface area contributed by atoms with Gasteiger partial charge in [0, 0.05) is 5.56 Å². The van der Waals surface area contributed by atoms with E-state index in [4.69, 9.17) is 0 Å². The Hall–Kier alpha value is -2.73. The molecule has 0 saturated carbocycles. The predicted octanol–water partition coefficient (Wildman–Crippen LogP) is 6.86. The molecule has 0 N–H and O–H groups in total. The predicted molar refractivity (Wildman–Crippen MR) is 91.1 cm³/mol. The number of alkyl halides is 13. The molecule has 0 spiro atoms. The molecular formula is C16HF19O4S2. The summed E-state index contributed by atoms with van der Waals surface area (Å²) in [6, 6.07) is 0. The van der Waals surface area contributed by atoms with Gasteiger partial charge in [0.1, 0.15) is 0 Å². The Kier molecular flexibility index (Phi) is 7.89. The van der Waals surface area contributed by atoms with Crippen LogP contribution in [0.3, 0.4) is 0 Å². The van der Waals surface area contributed by atoms with Gasteiger partial charge in [-0.2, -0.15) is 52.7 Å². The van der Waals surface area contributed by atoms with Crippen LogP contribution in [0.1, 0.15) is 17.3 Å². The minimum atomic E-state index is -9.23. The first-order chi connectivity index (χ1) is 17.9. The normalized spacial score (nSPS) is 19.4. The zero-order chi connectivity index (χ0) is 32.9. The summed E-state index contributed by atoms with van der Waals surface area (Å²) >= 11 is 0. The van der Waals surface area contributed by atoms with Gasteiger partial charge >= 0.3 is 28.8 Å². The van der Waals surface area contributed by atoms with Crippen molar-refractivity contribution in [1.29, 1.82) is 0 Å². The van der Waals surface area contributed by atoms with Crippen molar-refractivity contribution < 1.29 is 100 Å². The van der Waals surface area contributed by atoms with E-state index in [0.717, 1.165) is 0 Å². The Morgan fingerprint density at radius 2 is 0.927 bits per heavy atom. The third kappa shape index (κ3) is 4.43. The highest BCUT2D eigenvalue weighted by atomic mass is 32.3. The summed E-state index contributed by atoms with van der Waals surface area (Å²) < 4.78 is 301. The Morgan fingerprint density at radius 3 is 1.32 bits per heavy atom. The van der Waals surface area contributed by atoms with Crippen LogP contribution in [-0.4, -0.2) is 45.6 Å². The molecule has 1 unspecified atom stereocenters. The number of halogens is 19. The topological polar surface area (TPSA) is 68.3 Å². The lowest BCUT2D eigenvalue weighted by Gasteiger charge is -2.31. The summed E-state index contributed by atoms with van der Waals surface area (Å²) in [5.41, 5.74) is -10.1. The standard InChI is InChI=1S/C16HF19O4S2/c17-4-1-2(7(20)10(23)9(22)6(1)19)5(18)8(21)3(4)11(41(38,39)16(34,35)14(29,30)31)40(36,37)15(32,33)12(24,25)13(26,27)28/h4H/b11-3-. The molecule has 1 aromatic rings. The van der Waals surface area contributed by atoms with Crippen molar-refractivity contribution in [3.05, 3.63) is 50.0 Å². The highest BCUT2D eigenvalue weighted by Gasteiger charge is 2.81. The summed E-state index contributed by atoms with van der Waals surface area (Å²) in [6.07, 6.45) is -20.8. The first kappa shape index (κ1) is 34.5. The maximum absolute atomic E-state index is 15.0. The van der Waals surface area contributed by atoms with Crippen LogP contribution in [0.15, 0.2) is 15.6 Å². The second-order valence-electron chi connectivity index (χ2n) is 7.35. The van der Waals surface area contributed by atoms with Gasteiger partial charge in [-0.25, -0.2) is 47.6 Å². The number of fused-ring (bicyclic) bond motifs is 1. The van der Waals surface area contributed by atoms with Gasteiger partial charge in [-0.05, 0) is 0 Å². The van der Waals surface area contributed by atoms with Crippen molar-refractivity contribution in [2.75, 3.05) is 0 Å². The molecule has 234 valence electrons. The molecule has 2 rings (SSSR count). The third-order valence-electron chi connectivity index (χ3n) is 4.89. The van der Waals surface area contributed by atoms with Crippen LogP contribution >= 0.6 is 0 Å². The Balaban J connectivity index is 3.39. The van der Waals surface area contributed by atoms with Crippen LogP contribution in [-0.2, 0) is 19.7 Å². The maximum Gasteiger partial charge on any atom is 0.469 e. The number of hydrogen-bond acceptors (Lipinski definition) is 4. The quantitative estimate of drug-likeness (QED) is 0.194. The van der Waals surface area contributed by atoms with Crippen LogP contribution in [0.2, 0.25) is 0 Å². The minimum Gasteiger partial charge on any atom is -0.237 e. The van der Waals surface area contributed by atoms with E-state index in [1.165, 1.54) is 0 Å². The molecule has 0 radical (unpaired) electrons. The summed E-state index contributed by atoms with van der Waals surface area (Å²) in [5.74, 6) is -29.0. The van der Waals surface area contributed by atoms with E-state index in [0.29, 0.717) is 0 Å². The zero-order valence-electron chi connectivity index (χ0n) is 17.7. The van der Waals surface area contributed by atoms with Crippen molar-refractivity contribution in [1.82, 2.24) is 0 Å². The second-order valence-corrected chi connectivity index (χ2v) is 11.5. The molecular weight excluding hydrogens is 681 g/mol. The fourth-order valence-electron chi connectivity index (χ4n) is 2.93. The summed E-state index contributed by atoms with van der Waals surface area (Å²) in [5, 5.41) is -16.3. The number of hydrogen-bond donors (Lipinski definition) is 0. The molecule has 0 bridgehead atoms. The van der Waals surface area contributed by atoms with E-state index in [2.05, 4.69) is 0 Å². The molecule has 0 saturated heterocycles. The fourth-order valence-corrected chi connectivity index (χ4v) is 6.90. The molecule has 41 heavy (non-hydrogen) atoms. The average molecular weight is 682 g/mol. The fraction of sp³-hybridized carbons (Fsp3) is 0.375. The first-order valence-electron chi connectivity index (χ1n) is 8.93. The summed E-state index contributed by atoms with van der Waals surface area (Å²) in [6.45, 7) is 0. The highest BCUT2D eigenvalue weighted by molar-refractivity contribution is 8.15. The van der Waals surface area contributed by atoms with Crippen LogP contribution < -0.4 is 0 Å². The van der Waals surface area contributed by atoms with Crippen LogP contribution in [0, 0.1) is 23.3 Å². The van der Waals surface area contributed by atoms with Gasteiger partial charge in [-0.1, -0.05) is 0 Å². The summed E-state index contributed by atoms with van der Waals surface area (Å²) in [7, 11) is -18.3. The molecule has 0 aromatic heterocycles. The van der Waals surface area contributed by atoms with E-state index in [9.17, 15) is 95.9 Å². The van der Waals surface area contributed by atoms with E-state index in [1.54, 1.807) is 0 Å². The average Bonchev–Trinajstić information content (AvgIpc) is 2.78. The van der Waals surface area contributed by atoms with Crippen molar-refractivity contribution in [2.24, 2.45) is 0 Å². The zero-order valence-corrected chi connectivity index (χ0v) is 19.3. The molecule has 0 heterocycles. The molecule has 0 fully saturated rings. The van der Waals surface area contributed by atoms with Crippen LogP contribution in [0.4, 0.5) is 83.4 Å². The van der Waals surface area contributed by atoms with E-state index in [1.807, 2.05) is 0 Å². The number of sulfone groups is 2. The van der Waals surface area contributed by atoms with Crippen molar-refractivity contribution in [3.63, 3.8) is 0 Å². The monoisotopic (exact) mass is 682 g/mol. The molecule has 4 nitrogen and oxygen atoms in total. The second kappa shape index (κ2) is 9.39. The van der Waals surface area contributed by atoms with E-state index in [-0.39, 0.29) is 0 Å². The number of allylic oxidation sites excluding steroid dienone is 2. The minimum absolute atomic E-state index is 2.88. The van der Waals surface area contributed by atoms with Gasteiger partial charge in [-0.15, -0.1) is 0 Å². The lowest BCUT2D eigenvalue weighted by Crippen LogP contribution is -2.58. The number of benzene rings is 1. The Bertz CT molecular complexity index is 1580. The largest absolute Gasteiger partial charge is 0.469 e. The van der Waals surface area contributed by atoms with E-state index >= 15 is 4.39 Å². The third-order valence-corrected chi connectivity index (χ3v) is 9.46. The van der Waals surface area contributed by atoms with Gasteiger partial charge in [-0.3, -0.25) is 0 Å². The Morgan fingerprint density at radius 1 is 0.537 bits per heavy atom. The van der Waals surface area contributed by atoms with Gasteiger partial charge in [0.25, 0.3) is 19.7 Å². The molecule has 1 aromatic carbocycles. The van der Waals surface area contributed by atoms with Crippen LogP contribution in [0.25, 0.3) is 5.83 Å². The molecule has 0 amide bonds. The van der Waals surface area contributed by atoms with Crippen LogP contribution in [0.5, 0.6) is 0 Å². The Labute approximate surface area is 211 Å². The number of rotatable bonds is 5. The lowest BCUT2D eigenvalue weighted by molar-refractivity contribution is -0.331. The van der Waals surface area contributed by atoms with Gasteiger partial charge in [0.05, 0.1) is 11.1 Å². The van der Waals surface area contributed by atoms with E-state index < -0.39 is 110 Å². The van der Waals surface area contributed by atoms with Crippen molar-refractivity contribution >= 4 is 25.5 Å². The van der Waals surface area contributed by atoms with Crippen molar-refractivity contribution in [3.8, 4) is 0 Å². The molecule has 1 aliphatic rings. The molecule has 1 aliphatic carbocycles. The molecule has 25 heteroatoms. The molecule has 1 atom stereocenters. The van der Waals surface area contributed by atoms with Gasteiger partial charge in [0.15, 0.2) is 45.3 Å². The maximum atomic E-state index is 15.0. The highest BCUT2D eigenvalue weighted by Crippen LogP contribution is 2.57. The smallest absolute Gasteiger partial charge is 0.237 e. The van der Waals surface area contributed by atoms with Crippen molar-refractivity contribution in [2.45, 2.75) is 35.0 Å². The molecule has 0 aliphatic heterocycles. The van der Waals surface area contributed by atoms with Gasteiger partial charge < -0.3 is 0 Å². The van der Waals surface area contributed by atoms with Gasteiger partial charge in [0.2, 0.25) is 0 Å². The summed E-state index contributed by atoms with van der Waals surface area (Å²) in [4.78, 5) is 0. The SMILES string of the molecule is O=S(=O)(/C(=C1\C(F)=C(F)c2c(F)c(F)c(F)c(F)c2C1F)S(=O)(=O)C(F)(F)C(F)(F)C(F)(F)F)C(F)(F)C(F)(F)F.